The number of tetrazole rings is 1. The number of rotatable bonds is 5. The van der Waals surface area contributed by atoms with Crippen molar-refractivity contribution < 1.29 is 18.0 Å². The number of anilines is 1. The van der Waals surface area contributed by atoms with Crippen LogP contribution in [0.2, 0.25) is 0 Å². The van der Waals surface area contributed by atoms with Crippen LogP contribution >= 0.6 is 0 Å². The van der Waals surface area contributed by atoms with Gasteiger partial charge in [-0.05, 0) is 46.8 Å². The highest BCUT2D eigenvalue weighted by Gasteiger charge is 2.30. The van der Waals surface area contributed by atoms with E-state index in [1.165, 1.54) is 21.7 Å². The van der Waals surface area contributed by atoms with Crippen molar-refractivity contribution in [3.05, 3.63) is 65.5 Å². The molecular weight excluding hydrogens is 373 g/mol. The van der Waals surface area contributed by atoms with E-state index in [1.54, 1.807) is 38.4 Å². The summed E-state index contributed by atoms with van der Waals surface area (Å²) in [5.41, 5.74) is 0.733. The van der Waals surface area contributed by atoms with Crippen LogP contribution in [-0.4, -0.2) is 45.1 Å². The fourth-order valence-electron chi connectivity index (χ4n) is 2.55. The lowest BCUT2D eigenvalue weighted by molar-refractivity contribution is -0.137. The summed E-state index contributed by atoms with van der Waals surface area (Å²) >= 11 is 0. The number of carbonyl (C=O) groups is 1. The normalized spacial score (nSPS) is 11.3. The zero-order chi connectivity index (χ0) is 20.3. The second-order valence-corrected chi connectivity index (χ2v) is 6.15. The predicted octanol–water partition coefficient (Wildman–Crippen LogP) is 3.00. The van der Waals surface area contributed by atoms with Gasteiger partial charge < -0.3 is 10.2 Å². The van der Waals surface area contributed by atoms with Crippen LogP contribution in [-0.2, 0) is 12.7 Å². The van der Waals surface area contributed by atoms with Gasteiger partial charge in [0.1, 0.15) is 0 Å². The molecule has 0 saturated carbocycles. The van der Waals surface area contributed by atoms with E-state index in [9.17, 15) is 18.0 Å². The first-order chi connectivity index (χ1) is 13.3. The Morgan fingerprint density at radius 1 is 1.11 bits per heavy atom. The van der Waals surface area contributed by atoms with Gasteiger partial charge in [-0.1, -0.05) is 12.1 Å². The Morgan fingerprint density at radius 3 is 2.43 bits per heavy atom. The monoisotopic (exact) mass is 390 g/mol. The molecule has 1 aromatic heterocycles. The number of nitrogens with one attached hydrogen (secondary N) is 1. The molecule has 10 heteroatoms. The summed E-state index contributed by atoms with van der Waals surface area (Å²) in [6, 6.07) is 11.5. The fourth-order valence-corrected chi connectivity index (χ4v) is 2.55. The van der Waals surface area contributed by atoms with E-state index in [0.717, 1.165) is 12.1 Å². The summed E-state index contributed by atoms with van der Waals surface area (Å²) in [5, 5.41) is 14.4. The Bertz CT molecular complexity index is 966. The van der Waals surface area contributed by atoms with Crippen LogP contribution in [0.5, 0.6) is 0 Å². The maximum Gasteiger partial charge on any atom is 0.416 e. The number of alkyl halides is 3. The molecule has 0 fully saturated rings. The Morgan fingerprint density at radius 2 is 1.79 bits per heavy atom. The first kappa shape index (κ1) is 19.3. The summed E-state index contributed by atoms with van der Waals surface area (Å²) in [4.78, 5) is 13.7. The number of halogens is 3. The van der Waals surface area contributed by atoms with Gasteiger partial charge in [0.25, 0.3) is 5.91 Å². The van der Waals surface area contributed by atoms with Crippen molar-refractivity contribution in [2.45, 2.75) is 12.7 Å². The minimum Gasteiger partial charge on any atom is -0.377 e. The van der Waals surface area contributed by atoms with Crippen molar-refractivity contribution in [1.82, 2.24) is 25.1 Å². The number of amides is 1. The molecule has 0 aliphatic heterocycles. The minimum atomic E-state index is -4.41. The quantitative estimate of drug-likeness (QED) is 0.725. The highest BCUT2D eigenvalue weighted by Crippen LogP contribution is 2.29. The van der Waals surface area contributed by atoms with Crippen LogP contribution in [0, 0.1) is 0 Å². The lowest BCUT2D eigenvalue weighted by Crippen LogP contribution is -2.23. The lowest BCUT2D eigenvalue weighted by atomic mass is 10.1. The van der Waals surface area contributed by atoms with E-state index in [-0.39, 0.29) is 12.5 Å². The molecule has 2 aromatic carbocycles. The molecule has 1 amide bonds. The Hall–Kier alpha value is -3.43. The minimum absolute atomic E-state index is 0.162. The topological polar surface area (TPSA) is 75.9 Å². The molecule has 1 heterocycles. The first-order valence-electron chi connectivity index (χ1n) is 8.27. The second kappa shape index (κ2) is 7.67. The zero-order valence-electron chi connectivity index (χ0n) is 15.1. The third-order valence-electron chi connectivity index (χ3n) is 3.97. The lowest BCUT2D eigenvalue weighted by Gasteiger charge is -2.15. The Balaban J connectivity index is 1.80. The summed E-state index contributed by atoms with van der Waals surface area (Å²) in [7, 11) is 3.31. The SMILES string of the molecule is CN(C)C(=O)c1ccccc1NCc1nnnn1-c1ccc(C(F)(F)F)cc1. The molecule has 0 radical (unpaired) electrons. The standard InChI is InChI=1S/C18H17F3N6O/c1-26(2)17(28)14-5-3-4-6-15(14)22-11-16-23-24-25-27(16)13-9-7-12(8-10-13)18(19,20)21/h3-10,22H,11H2,1-2H3. The molecular formula is C18H17F3N6O. The van der Waals surface area contributed by atoms with Crippen LogP contribution < -0.4 is 5.32 Å². The van der Waals surface area contributed by atoms with Crippen LogP contribution in [0.15, 0.2) is 48.5 Å². The highest BCUT2D eigenvalue weighted by molar-refractivity contribution is 5.99. The number of hydrogen-bond donors (Lipinski definition) is 1. The van der Waals surface area contributed by atoms with Gasteiger partial charge in [-0.3, -0.25) is 4.79 Å². The van der Waals surface area contributed by atoms with Gasteiger partial charge in [0, 0.05) is 19.8 Å². The molecule has 3 aromatic rings. The van der Waals surface area contributed by atoms with E-state index in [0.29, 0.717) is 22.8 Å². The third-order valence-corrected chi connectivity index (χ3v) is 3.97. The van der Waals surface area contributed by atoms with Gasteiger partial charge in [-0.15, -0.1) is 5.10 Å². The fraction of sp³-hybridized carbons (Fsp3) is 0.222. The van der Waals surface area contributed by atoms with Crippen molar-refractivity contribution in [1.29, 1.82) is 0 Å². The maximum absolute atomic E-state index is 12.7. The van der Waals surface area contributed by atoms with E-state index < -0.39 is 11.7 Å². The van der Waals surface area contributed by atoms with Crippen LogP contribution in [0.25, 0.3) is 5.69 Å². The number of nitrogens with zero attached hydrogens (tertiary/aromatic N) is 5. The van der Waals surface area contributed by atoms with Gasteiger partial charge >= 0.3 is 6.18 Å². The third kappa shape index (κ3) is 4.11. The largest absolute Gasteiger partial charge is 0.416 e. The molecule has 146 valence electrons. The van der Waals surface area contributed by atoms with E-state index in [1.807, 2.05) is 0 Å². The second-order valence-electron chi connectivity index (χ2n) is 6.15. The summed E-state index contributed by atoms with van der Waals surface area (Å²) < 4.78 is 39.5. The van der Waals surface area contributed by atoms with Crippen molar-refractivity contribution >= 4 is 11.6 Å². The highest BCUT2D eigenvalue weighted by atomic mass is 19.4. The smallest absolute Gasteiger partial charge is 0.377 e. The number of para-hydroxylation sites is 1. The van der Waals surface area contributed by atoms with Crippen LogP contribution in [0.1, 0.15) is 21.7 Å². The van der Waals surface area contributed by atoms with Crippen LogP contribution in [0.4, 0.5) is 18.9 Å². The molecule has 1 N–H and O–H groups in total. The molecule has 0 bridgehead atoms. The number of carbonyl (C=O) groups excluding carboxylic acids is 1. The maximum atomic E-state index is 12.7. The molecule has 28 heavy (non-hydrogen) atoms. The van der Waals surface area contributed by atoms with Gasteiger partial charge in [0.15, 0.2) is 5.82 Å². The molecule has 0 aliphatic rings. The average Bonchev–Trinajstić information content (AvgIpc) is 3.14. The molecule has 3 rings (SSSR count). The van der Waals surface area contributed by atoms with E-state index in [4.69, 9.17) is 0 Å². The number of benzene rings is 2. The molecule has 0 atom stereocenters. The summed E-state index contributed by atoms with van der Waals surface area (Å²) in [6.45, 7) is 0.172. The zero-order valence-corrected chi connectivity index (χ0v) is 15.1. The first-order valence-corrected chi connectivity index (χ1v) is 8.27. The number of hydrogen-bond acceptors (Lipinski definition) is 5. The Labute approximate surface area is 158 Å². The van der Waals surface area contributed by atoms with Gasteiger partial charge in [0.05, 0.1) is 23.4 Å². The van der Waals surface area contributed by atoms with Crippen LogP contribution in [0.3, 0.4) is 0 Å². The molecule has 0 unspecified atom stereocenters. The van der Waals surface area contributed by atoms with E-state index >= 15 is 0 Å². The molecule has 0 aliphatic carbocycles. The van der Waals surface area contributed by atoms with Crippen molar-refractivity contribution in [3.63, 3.8) is 0 Å². The van der Waals surface area contributed by atoms with Gasteiger partial charge in [0.2, 0.25) is 0 Å². The summed E-state index contributed by atoms with van der Waals surface area (Å²) in [6.07, 6.45) is -4.41. The van der Waals surface area contributed by atoms with Gasteiger partial charge in [-0.2, -0.15) is 17.9 Å². The van der Waals surface area contributed by atoms with Crippen molar-refractivity contribution in [2.75, 3.05) is 19.4 Å². The molecule has 0 saturated heterocycles. The van der Waals surface area contributed by atoms with Crippen molar-refractivity contribution in [2.24, 2.45) is 0 Å². The number of aromatic nitrogens is 4. The Kier molecular flexibility index (Phi) is 5.30. The predicted molar refractivity (Wildman–Crippen MR) is 95.9 cm³/mol. The summed E-state index contributed by atoms with van der Waals surface area (Å²) in [5.74, 6) is 0.220. The van der Waals surface area contributed by atoms with Crippen molar-refractivity contribution in [3.8, 4) is 5.69 Å². The van der Waals surface area contributed by atoms with E-state index in [2.05, 4.69) is 20.8 Å². The average molecular weight is 390 g/mol. The molecule has 7 nitrogen and oxygen atoms in total. The van der Waals surface area contributed by atoms with Gasteiger partial charge in [-0.25, -0.2) is 0 Å². The molecule has 0 spiro atoms.